The maximum absolute atomic E-state index is 12.5. The number of ether oxygens (including phenoxy) is 1. The molecule has 7 heteroatoms. The number of rotatable bonds is 3. The van der Waals surface area contributed by atoms with Crippen molar-refractivity contribution in [1.82, 2.24) is 9.80 Å². The summed E-state index contributed by atoms with van der Waals surface area (Å²) >= 11 is 1.37. The molecule has 3 rings (SSSR count). The molecule has 2 aliphatic rings. The molecule has 126 valence electrons. The quantitative estimate of drug-likeness (QED) is 0.861. The first-order chi connectivity index (χ1) is 11.1. The Morgan fingerprint density at radius 3 is 3.00 bits per heavy atom. The Hall–Kier alpha value is -1.60. The van der Waals surface area contributed by atoms with E-state index in [0.717, 1.165) is 38.2 Å². The molecule has 0 aliphatic carbocycles. The second-order valence-electron chi connectivity index (χ2n) is 6.05. The van der Waals surface area contributed by atoms with E-state index in [2.05, 4.69) is 10.2 Å². The lowest BCUT2D eigenvalue weighted by Gasteiger charge is -2.37. The van der Waals surface area contributed by atoms with Gasteiger partial charge < -0.3 is 9.64 Å². The fraction of sp³-hybridized carbons (Fsp3) is 0.625. The van der Waals surface area contributed by atoms with Gasteiger partial charge in [0.05, 0.1) is 12.2 Å². The van der Waals surface area contributed by atoms with Crippen LogP contribution in [0.5, 0.6) is 0 Å². The molecule has 2 amide bonds. The lowest BCUT2D eigenvalue weighted by Crippen LogP contribution is -2.53. The van der Waals surface area contributed by atoms with Gasteiger partial charge in [0.2, 0.25) is 0 Å². The van der Waals surface area contributed by atoms with Gasteiger partial charge in [-0.05, 0) is 44.2 Å². The number of thiophene rings is 1. The number of piperazine rings is 1. The monoisotopic (exact) mass is 337 g/mol. The van der Waals surface area contributed by atoms with Crippen LogP contribution in [0.3, 0.4) is 0 Å². The van der Waals surface area contributed by atoms with Crippen molar-refractivity contribution in [3.8, 4) is 0 Å². The zero-order valence-corrected chi connectivity index (χ0v) is 14.4. The fourth-order valence-electron chi connectivity index (χ4n) is 3.34. The van der Waals surface area contributed by atoms with Crippen LogP contribution in [0.2, 0.25) is 0 Å². The van der Waals surface area contributed by atoms with Gasteiger partial charge in [-0.3, -0.25) is 10.2 Å². The summed E-state index contributed by atoms with van der Waals surface area (Å²) in [7, 11) is 0. The molecule has 2 aliphatic heterocycles. The molecular formula is C16H23N3O3S. The fourth-order valence-corrected chi connectivity index (χ4v) is 4.27. The van der Waals surface area contributed by atoms with E-state index in [1.54, 1.807) is 6.92 Å². The summed E-state index contributed by atoms with van der Waals surface area (Å²) in [4.78, 5) is 28.9. The van der Waals surface area contributed by atoms with E-state index in [0.29, 0.717) is 23.2 Å². The number of urea groups is 1. The highest BCUT2D eigenvalue weighted by atomic mass is 32.1. The predicted molar refractivity (Wildman–Crippen MR) is 90.2 cm³/mol. The van der Waals surface area contributed by atoms with Gasteiger partial charge in [-0.15, -0.1) is 11.3 Å². The molecular weight excluding hydrogens is 314 g/mol. The molecule has 0 saturated carbocycles. The predicted octanol–water partition coefficient (Wildman–Crippen LogP) is 2.55. The number of fused-ring (bicyclic) bond motifs is 1. The normalized spacial score (nSPS) is 21.1. The number of anilines is 1. The third-order valence-corrected chi connectivity index (χ3v) is 5.56. The van der Waals surface area contributed by atoms with Gasteiger partial charge >= 0.3 is 12.0 Å². The molecule has 1 aromatic heterocycles. The van der Waals surface area contributed by atoms with Crippen LogP contribution in [-0.4, -0.2) is 60.6 Å². The number of hydrogen-bond donors (Lipinski definition) is 1. The number of carbonyl (C=O) groups excluding carboxylic acids is 2. The maximum atomic E-state index is 12.5. The van der Waals surface area contributed by atoms with Gasteiger partial charge in [0.25, 0.3) is 0 Å². The van der Waals surface area contributed by atoms with Crippen LogP contribution in [0.25, 0.3) is 0 Å². The Bertz CT molecular complexity index is 601. The second-order valence-corrected chi connectivity index (χ2v) is 6.93. The summed E-state index contributed by atoms with van der Waals surface area (Å²) < 4.78 is 5.09. The van der Waals surface area contributed by atoms with Gasteiger partial charge in [-0.2, -0.15) is 0 Å². The first-order valence-corrected chi connectivity index (χ1v) is 9.03. The number of amides is 2. The smallest absolute Gasteiger partial charge is 0.341 e. The van der Waals surface area contributed by atoms with Crippen molar-refractivity contribution in [3.05, 3.63) is 16.5 Å². The van der Waals surface area contributed by atoms with Crippen LogP contribution < -0.4 is 5.32 Å². The third-order valence-electron chi connectivity index (χ3n) is 4.55. The molecule has 3 heterocycles. The maximum Gasteiger partial charge on any atom is 0.341 e. The highest BCUT2D eigenvalue weighted by Crippen LogP contribution is 2.29. The zero-order valence-electron chi connectivity index (χ0n) is 13.6. The minimum absolute atomic E-state index is 0.121. The molecule has 1 aromatic rings. The molecule has 0 radical (unpaired) electrons. The van der Waals surface area contributed by atoms with Crippen LogP contribution in [0.1, 0.15) is 35.7 Å². The highest BCUT2D eigenvalue weighted by molar-refractivity contribution is 7.15. The standard InChI is InChI=1S/C16H23N3O3S/c1-3-22-15(20)13-11(2)10-23-14(13)17-16(21)19-8-7-18-6-4-5-12(18)9-19/h10,12H,3-9H2,1-2H3,(H,17,21)/t12-/m0/s1. The first-order valence-electron chi connectivity index (χ1n) is 8.15. The molecule has 0 bridgehead atoms. The van der Waals surface area contributed by atoms with Crippen molar-refractivity contribution in [2.45, 2.75) is 32.7 Å². The minimum Gasteiger partial charge on any atom is -0.462 e. The van der Waals surface area contributed by atoms with Gasteiger partial charge in [0.15, 0.2) is 0 Å². The summed E-state index contributed by atoms with van der Waals surface area (Å²) in [6.07, 6.45) is 2.38. The van der Waals surface area contributed by atoms with Crippen molar-refractivity contribution < 1.29 is 14.3 Å². The molecule has 1 N–H and O–H groups in total. The van der Waals surface area contributed by atoms with Crippen LogP contribution in [-0.2, 0) is 4.74 Å². The van der Waals surface area contributed by atoms with Crippen LogP contribution in [0.4, 0.5) is 9.80 Å². The van der Waals surface area contributed by atoms with Crippen LogP contribution >= 0.6 is 11.3 Å². The lowest BCUT2D eigenvalue weighted by molar-refractivity contribution is 0.0527. The number of nitrogens with zero attached hydrogens (tertiary/aromatic N) is 2. The van der Waals surface area contributed by atoms with Gasteiger partial charge in [-0.25, -0.2) is 9.59 Å². The SMILES string of the molecule is CCOC(=O)c1c(C)csc1NC(=O)N1CCN2CCC[C@H]2C1. The molecule has 2 saturated heterocycles. The average Bonchev–Trinajstić information content (AvgIpc) is 3.13. The average molecular weight is 337 g/mol. The largest absolute Gasteiger partial charge is 0.462 e. The van der Waals surface area contributed by atoms with E-state index in [-0.39, 0.29) is 12.0 Å². The van der Waals surface area contributed by atoms with Crippen molar-refractivity contribution in [2.75, 3.05) is 38.1 Å². The minimum atomic E-state index is -0.373. The number of carbonyl (C=O) groups is 2. The molecule has 0 spiro atoms. The highest BCUT2D eigenvalue weighted by Gasteiger charge is 2.33. The molecule has 6 nitrogen and oxygen atoms in total. The Morgan fingerprint density at radius 2 is 2.22 bits per heavy atom. The van der Waals surface area contributed by atoms with Crippen molar-refractivity contribution in [3.63, 3.8) is 0 Å². The van der Waals surface area contributed by atoms with Crippen molar-refractivity contribution >= 4 is 28.3 Å². The molecule has 0 aromatic carbocycles. The zero-order chi connectivity index (χ0) is 16.4. The topological polar surface area (TPSA) is 61.9 Å². The van der Waals surface area contributed by atoms with E-state index in [9.17, 15) is 9.59 Å². The summed E-state index contributed by atoms with van der Waals surface area (Å²) in [6, 6.07) is 0.369. The number of esters is 1. The van der Waals surface area contributed by atoms with E-state index < -0.39 is 0 Å². The summed E-state index contributed by atoms with van der Waals surface area (Å²) in [5.41, 5.74) is 1.31. The molecule has 1 atom stereocenters. The lowest BCUT2D eigenvalue weighted by atomic mass is 10.1. The Morgan fingerprint density at radius 1 is 1.39 bits per heavy atom. The van der Waals surface area contributed by atoms with Crippen LogP contribution in [0, 0.1) is 6.92 Å². The van der Waals surface area contributed by atoms with Gasteiger partial charge in [-0.1, -0.05) is 0 Å². The summed E-state index contributed by atoms with van der Waals surface area (Å²) in [6.45, 7) is 7.55. The molecule has 23 heavy (non-hydrogen) atoms. The number of nitrogens with one attached hydrogen (secondary N) is 1. The first kappa shape index (κ1) is 16.3. The van der Waals surface area contributed by atoms with E-state index in [1.165, 1.54) is 17.8 Å². The van der Waals surface area contributed by atoms with Crippen molar-refractivity contribution in [1.29, 1.82) is 0 Å². The number of hydrogen-bond acceptors (Lipinski definition) is 5. The van der Waals surface area contributed by atoms with E-state index >= 15 is 0 Å². The Kier molecular flexibility index (Phi) is 4.87. The Balaban J connectivity index is 1.67. The second kappa shape index (κ2) is 6.88. The van der Waals surface area contributed by atoms with Gasteiger partial charge in [0.1, 0.15) is 5.00 Å². The van der Waals surface area contributed by atoms with Crippen LogP contribution in [0.15, 0.2) is 5.38 Å². The molecule has 0 unspecified atom stereocenters. The molecule has 2 fully saturated rings. The summed E-state index contributed by atoms with van der Waals surface area (Å²) in [5.74, 6) is -0.373. The third kappa shape index (κ3) is 3.35. The van der Waals surface area contributed by atoms with Crippen molar-refractivity contribution in [2.24, 2.45) is 0 Å². The van der Waals surface area contributed by atoms with E-state index in [4.69, 9.17) is 4.74 Å². The van der Waals surface area contributed by atoms with E-state index in [1.807, 2.05) is 17.2 Å². The van der Waals surface area contributed by atoms with Gasteiger partial charge in [0, 0.05) is 25.7 Å². The Labute approximate surface area is 140 Å². The summed E-state index contributed by atoms with van der Waals surface area (Å²) in [5, 5.41) is 5.36. The number of aryl methyl sites for hydroxylation is 1.